The minimum atomic E-state index is -1.71. The van der Waals surface area contributed by atoms with Crippen molar-refractivity contribution in [2.75, 3.05) is 45.7 Å². The summed E-state index contributed by atoms with van der Waals surface area (Å²) < 4.78 is 5.19. The van der Waals surface area contributed by atoms with E-state index in [1.54, 1.807) is 47.4 Å². The molecule has 34 heavy (non-hydrogen) atoms. The zero-order valence-corrected chi connectivity index (χ0v) is 19.9. The number of carbonyl (C=O) groups is 3. The third-order valence-corrected chi connectivity index (χ3v) is 6.48. The van der Waals surface area contributed by atoms with Crippen LogP contribution in [0.3, 0.4) is 0 Å². The first-order chi connectivity index (χ1) is 16.3. The van der Waals surface area contributed by atoms with Crippen LogP contribution in [-0.4, -0.2) is 73.3 Å². The first-order valence-electron chi connectivity index (χ1n) is 11.3. The predicted octanol–water partition coefficient (Wildman–Crippen LogP) is 2.59. The highest BCUT2D eigenvalue weighted by Crippen LogP contribution is 2.53. The highest BCUT2D eigenvalue weighted by Gasteiger charge is 2.66. The molecule has 1 N–H and O–H groups in total. The number of anilines is 1. The number of methoxy groups -OCH3 is 1. The van der Waals surface area contributed by atoms with Crippen LogP contribution in [0.1, 0.15) is 24.5 Å². The number of nitrogens with zero attached hydrogens (tertiary/aromatic N) is 3. The van der Waals surface area contributed by atoms with Crippen molar-refractivity contribution in [2.45, 2.75) is 18.9 Å². The molecule has 4 rings (SSSR count). The maximum absolute atomic E-state index is 14.1. The van der Waals surface area contributed by atoms with Crippen LogP contribution in [0.25, 0.3) is 5.76 Å². The molecule has 1 atom stereocenters. The molecule has 2 aromatic carbocycles. The Balaban J connectivity index is 1.98. The molecule has 2 aromatic rings. The van der Waals surface area contributed by atoms with Gasteiger partial charge < -0.3 is 24.5 Å². The van der Waals surface area contributed by atoms with Crippen LogP contribution >= 0.6 is 0 Å². The van der Waals surface area contributed by atoms with E-state index in [9.17, 15) is 19.5 Å². The number of benzene rings is 2. The van der Waals surface area contributed by atoms with Crippen LogP contribution in [0.5, 0.6) is 5.75 Å². The number of rotatable bonds is 7. The van der Waals surface area contributed by atoms with Crippen LogP contribution in [0, 0.1) is 0 Å². The van der Waals surface area contributed by atoms with Crippen molar-refractivity contribution in [1.82, 2.24) is 9.80 Å². The summed E-state index contributed by atoms with van der Waals surface area (Å²) in [4.78, 5) is 45.8. The Bertz CT molecular complexity index is 1170. The molecular formula is C26H29N3O5. The lowest BCUT2D eigenvalue weighted by Gasteiger charge is -2.34. The molecule has 8 nitrogen and oxygen atoms in total. The standard InChI is InChI=1S/C26H29N3O5/c1-5-28-20-10-7-6-9-19(20)26(25(28)33)21(22(30)17-11-13-18(34-4)14-12-17)23(31)24(32)29(26)16-8-15-27(2)3/h6-7,9-14,30H,5,8,15-16H2,1-4H3/t26-/m0/s1. The predicted molar refractivity (Wildman–Crippen MR) is 129 cm³/mol. The number of aliphatic hydroxyl groups is 1. The molecule has 0 saturated carbocycles. The number of hydrogen-bond donors (Lipinski definition) is 1. The number of para-hydroxylation sites is 1. The van der Waals surface area contributed by atoms with Gasteiger partial charge in [0.25, 0.3) is 17.6 Å². The molecule has 0 unspecified atom stereocenters. The number of Topliss-reactive ketones (excluding diaryl/α,β-unsaturated/α-hetero) is 1. The van der Waals surface area contributed by atoms with E-state index in [2.05, 4.69) is 0 Å². The molecule has 2 aliphatic rings. The first-order valence-corrected chi connectivity index (χ1v) is 11.3. The van der Waals surface area contributed by atoms with Crippen LogP contribution in [0.15, 0.2) is 54.1 Å². The Kier molecular flexibility index (Phi) is 6.18. The minimum Gasteiger partial charge on any atom is -0.507 e. The van der Waals surface area contributed by atoms with Crippen LogP contribution in [-0.2, 0) is 19.9 Å². The summed E-state index contributed by atoms with van der Waals surface area (Å²) in [7, 11) is 5.37. The average molecular weight is 464 g/mol. The normalized spacial score (nSPS) is 21.1. The SMILES string of the molecule is CCN1C(=O)[C@@]2(C(=C(O)c3ccc(OC)cc3)C(=O)C(=O)N2CCCN(C)C)c2ccccc21. The Morgan fingerprint density at radius 2 is 1.74 bits per heavy atom. The monoisotopic (exact) mass is 463 g/mol. The largest absolute Gasteiger partial charge is 0.507 e. The molecule has 1 fully saturated rings. The van der Waals surface area contributed by atoms with Crippen molar-refractivity contribution in [3.63, 3.8) is 0 Å². The quantitative estimate of drug-likeness (QED) is 0.386. The number of ketones is 1. The van der Waals surface area contributed by atoms with E-state index < -0.39 is 23.1 Å². The van der Waals surface area contributed by atoms with Gasteiger partial charge in [-0.2, -0.15) is 0 Å². The molecule has 0 radical (unpaired) electrons. The highest BCUT2D eigenvalue weighted by molar-refractivity contribution is 6.50. The first kappa shape index (κ1) is 23.5. The van der Waals surface area contributed by atoms with Gasteiger partial charge in [-0.15, -0.1) is 0 Å². The summed E-state index contributed by atoms with van der Waals surface area (Å²) >= 11 is 0. The molecule has 8 heteroatoms. The number of hydrogen-bond acceptors (Lipinski definition) is 6. The summed E-state index contributed by atoms with van der Waals surface area (Å²) in [6, 6.07) is 13.7. The molecule has 178 valence electrons. The van der Waals surface area contributed by atoms with Gasteiger partial charge in [-0.05, 0) is 64.3 Å². The van der Waals surface area contributed by atoms with Gasteiger partial charge >= 0.3 is 0 Å². The van der Waals surface area contributed by atoms with E-state index >= 15 is 0 Å². The topological polar surface area (TPSA) is 90.4 Å². The van der Waals surface area contributed by atoms with Gasteiger partial charge in [-0.3, -0.25) is 14.4 Å². The number of likely N-dealkylation sites (tertiary alicyclic amines) is 1. The Labute approximate surface area is 199 Å². The third-order valence-electron chi connectivity index (χ3n) is 6.48. The van der Waals surface area contributed by atoms with Gasteiger partial charge in [0.05, 0.1) is 18.4 Å². The van der Waals surface area contributed by atoms with E-state index in [1.165, 1.54) is 12.0 Å². The van der Waals surface area contributed by atoms with Crippen molar-refractivity contribution in [1.29, 1.82) is 0 Å². The van der Waals surface area contributed by atoms with Crippen LogP contribution < -0.4 is 9.64 Å². The second-order valence-corrected chi connectivity index (χ2v) is 8.67. The van der Waals surface area contributed by atoms with Gasteiger partial charge in [0.1, 0.15) is 11.5 Å². The molecule has 0 aromatic heterocycles. The summed E-state index contributed by atoms with van der Waals surface area (Å²) in [6.45, 7) is 3.07. The maximum Gasteiger partial charge on any atom is 0.296 e. The van der Waals surface area contributed by atoms with E-state index in [-0.39, 0.29) is 17.9 Å². The molecular weight excluding hydrogens is 434 g/mol. The smallest absolute Gasteiger partial charge is 0.296 e. The number of amides is 2. The Morgan fingerprint density at radius 3 is 2.35 bits per heavy atom. The Morgan fingerprint density at radius 1 is 1.06 bits per heavy atom. The van der Waals surface area contributed by atoms with Crippen molar-refractivity contribution in [2.24, 2.45) is 0 Å². The van der Waals surface area contributed by atoms with Crippen molar-refractivity contribution >= 4 is 29.0 Å². The number of likely N-dealkylation sites (N-methyl/N-ethyl adjacent to an activating group) is 1. The molecule has 1 spiro atoms. The fourth-order valence-corrected chi connectivity index (χ4v) is 4.92. The average Bonchev–Trinajstić information content (AvgIpc) is 3.21. The van der Waals surface area contributed by atoms with Gasteiger partial charge in [0.2, 0.25) is 0 Å². The molecule has 2 amide bonds. The second kappa shape index (κ2) is 8.95. The van der Waals surface area contributed by atoms with E-state index in [0.29, 0.717) is 42.1 Å². The fourth-order valence-electron chi connectivity index (χ4n) is 4.92. The van der Waals surface area contributed by atoms with E-state index in [0.717, 1.165) is 0 Å². The Hall–Kier alpha value is -3.65. The summed E-state index contributed by atoms with van der Waals surface area (Å²) in [5.74, 6) is -1.85. The minimum absolute atomic E-state index is 0.194. The number of fused-ring (bicyclic) bond motifs is 2. The van der Waals surface area contributed by atoms with Gasteiger partial charge in [-0.1, -0.05) is 18.2 Å². The number of carbonyl (C=O) groups excluding carboxylic acids is 3. The summed E-state index contributed by atoms with van der Waals surface area (Å²) in [6.07, 6.45) is 0.561. The fraction of sp³-hybridized carbons (Fsp3) is 0.346. The van der Waals surface area contributed by atoms with Crippen molar-refractivity contribution in [3.8, 4) is 5.75 Å². The third kappa shape index (κ3) is 3.37. The maximum atomic E-state index is 14.1. The zero-order chi connectivity index (χ0) is 24.6. The summed E-state index contributed by atoms with van der Waals surface area (Å²) in [5.41, 5.74) is -0.416. The lowest BCUT2D eigenvalue weighted by atomic mass is 9.82. The van der Waals surface area contributed by atoms with Gasteiger partial charge in [-0.25, -0.2) is 0 Å². The number of ether oxygens (including phenoxy) is 1. The van der Waals surface area contributed by atoms with Crippen LogP contribution in [0.4, 0.5) is 5.69 Å². The van der Waals surface area contributed by atoms with Crippen LogP contribution in [0.2, 0.25) is 0 Å². The molecule has 2 heterocycles. The lowest BCUT2D eigenvalue weighted by Crippen LogP contribution is -2.52. The molecule has 0 bridgehead atoms. The summed E-state index contributed by atoms with van der Waals surface area (Å²) in [5, 5.41) is 11.4. The molecule has 1 saturated heterocycles. The highest BCUT2D eigenvalue weighted by atomic mass is 16.5. The molecule has 2 aliphatic heterocycles. The van der Waals surface area contributed by atoms with Crippen molar-refractivity contribution in [3.05, 3.63) is 65.2 Å². The molecule has 0 aliphatic carbocycles. The lowest BCUT2D eigenvalue weighted by molar-refractivity contribution is -0.143. The van der Waals surface area contributed by atoms with Gasteiger partial charge in [0, 0.05) is 24.2 Å². The van der Waals surface area contributed by atoms with Gasteiger partial charge in [0.15, 0.2) is 5.54 Å². The van der Waals surface area contributed by atoms with E-state index in [1.807, 2.05) is 32.0 Å². The second-order valence-electron chi connectivity index (χ2n) is 8.67. The van der Waals surface area contributed by atoms with Crippen molar-refractivity contribution < 1.29 is 24.2 Å². The van der Waals surface area contributed by atoms with E-state index in [4.69, 9.17) is 4.74 Å². The zero-order valence-electron chi connectivity index (χ0n) is 19.9. The number of aliphatic hydroxyl groups excluding tert-OH is 1.